The SMILES string of the molecule is Cc1cc(NCC2(O)CCCCCC2)c2ccccc2n1. The molecule has 1 heterocycles. The van der Waals surface area contributed by atoms with E-state index in [1.807, 2.05) is 25.1 Å². The van der Waals surface area contributed by atoms with Gasteiger partial charge in [-0.05, 0) is 31.9 Å². The first-order chi connectivity index (χ1) is 10.2. The number of nitrogens with one attached hydrogen (secondary N) is 1. The Bertz CT molecular complexity index is 616. The standard InChI is InChI=1S/C18H24N2O/c1-14-12-17(15-8-4-5-9-16(15)20-14)19-13-18(21)10-6-2-3-7-11-18/h4-5,8-9,12,21H,2-3,6-7,10-11,13H2,1H3,(H,19,20). The topological polar surface area (TPSA) is 45.1 Å². The fourth-order valence-electron chi connectivity index (χ4n) is 3.28. The van der Waals surface area contributed by atoms with Crippen LogP contribution in [0.1, 0.15) is 44.2 Å². The molecule has 1 aliphatic carbocycles. The number of rotatable bonds is 3. The summed E-state index contributed by atoms with van der Waals surface area (Å²) in [5, 5.41) is 15.4. The molecule has 3 heteroatoms. The molecule has 3 nitrogen and oxygen atoms in total. The van der Waals surface area contributed by atoms with Gasteiger partial charge in [0.25, 0.3) is 0 Å². The monoisotopic (exact) mass is 284 g/mol. The number of hydrogen-bond donors (Lipinski definition) is 2. The van der Waals surface area contributed by atoms with Crippen molar-refractivity contribution in [2.75, 3.05) is 11.9 Å². The molecule has 1 fully saturated rings. The molecule has 1 saturated carbocycles. The van der Waals surface area contributed by atoms with Crippen LogP contribution in [0.2, 0.25) is 0 Å². The molecule has 0 spiro atoms. The molecule has 3 rings (SSSR count). The number of benzene rings is 1. The van der Waals surface area contributed by atoms with Gasteiger partial charge in [-0.2, -0.15) is 0 Å². The highest BCUT2D eigenvalue weighted by Gasteiger charge is 2.27. The predicted octanol–water partition coefficient (Wildman–Crippen LogP) is 4.04. The van der Waals surface area contributed by atoms with Crippen molar-refractivity contribution in [3.63, 3.8) is 0 Å². The van der Waals surface area contributed by atoms with Crippen LogP contribution in [0.15, 0.2) is 30.3 Å². The van der Waals surface area contributed by atoms with Crippen LogP contribution < -0.4 is 5.32 Å². The zero-order chi connectivity index (χ0) is 14.7. The Kier molecular flexibility index (Phi) is 4.11. The Labute approximate surface area is 126 Å². The highest BCUT2D eigenvalue weighted by Crippen LogP contribution is 2.29. The molecular weight excluding hydrogens is 260 g/mol. The number of aliphatic hydroxyl groups is 1. The van der Waals surface area contributed by atoms with Gasteiger partial charge in [0.05, 0.1) is 11.1 Å². The minimum absolute atomic E-state index is 0.561. The zero-order valence-electron chi connectivity index (χ0n) is 12.7. The van der Waals surface area contributed by atoms with Crippen LogP contribution in [-0.2, 0) is 0 Å². The van der Waals surface area contributed by atoms with E-state index in [0.717, 1.165) is 48.0 Å². The largest absolute Gasteiger partial charge is 0.388 e. The normalized spacial score (nSPS) is 18.4. The number of anilines is 1. The van der Waals surface area contributed by atoms with E-state index in [2.05, 4.69) is 22.4 Å². The summed E-state index contributed by atoms with van der Waals surface area (Å²) in [7, 11) is 0. The second kappa shape index (κ2) is 6.02. The molecule has 2 N–H and O–H groups in total. The summed E-state index contributed by atoms with van der Waals surface area (Å²) >= 11 is 0. The van der Waals surface area contributed by atoms with Gasteiger partial charge in [-0.3, -0.25) is 4.98 Å². The molecule has 0 saturated heterocycles. The van der Waals surface area contributed by atoms with Crippen LogP contribution in [0.3, 0.4) is 0 Å². The van der Waals surface area contributed by atoms with Crippen LogP contribution in [0, 0.1) is 6.92 Å². The number of nitrogens with zero attached hydrogens (tertiary/aromatic N) is 1. The third-order valence-corrected chi connectivity index (χ3v) is 4.49. The van der Waals surface area contributed by atoms with Gasteiger partial charge in [0.1, 0.15) is 0 Å². The Balaban J connectivity index is 1.81. The van der Waals surface area contributed by atoms with Gasteiger partial charge in [0.2, 0.25) is 0 Å². The van der Waals surface area contributed by atoms with Crippen molar-refractivity contribution in [2.45, 2.75) is 51.0 Å². The van der Waals surface area contributed by atoms with E-state index in [9.17, 15) is 5.11 Å². The summed E-state index contributed by atoms with van der Waals surface area (Å²) < 4.78 is 0. The molecule has 0 amide bonds. The molecule has 0 atom stereocenters. The second-order valence-corrected chi connectivity index (χ2v) is 6.32. The maximum Gasteiger partial charge on any atom is 0.0819 e. The molecule has 2 aromatic rings. The summed E-state index contributed by atoms with van der Waals surface area (Å²) in [5.41, 5.74) is 2.53. The van der Waals surface area contributed by atoms with E-state index in [0.29, 0.717) is 6.54 Å². The summed E-state index contributed by atoms with van der Waals surface area (Å²) in [6.07, 6.45) is 6.58. The van der Waals surface area contributed by atoms with Crippen molar-refractivity contribution < 1.29 is 5.11 Å². The molecule has 112 valence electrons. The van der Waals surface area contributed by atoms with Crippen LogP contribution in [0.4, 0.5) is 5.69 Å². The summed E-state index contributed by atoms with van der Waals surface area (Å²) in [6, 6.07) is 10.2. The molecule has 1 aromatic heterocycles. The van der Waals surface area contributed by atoms with Crippen LogP contribution in [0.25, 0.3) is 10.9 Å². The minimum atomic E-state index is -0.561. The number of pyridine rings is 1. The highest BCUT2D eigenvalue weighted by molar-refractivity contribution is 5.91. The van der Waals surface area contributed by atoms with Crippen molar-refractivity contribution in [1.29, 1.82) is 0 Å². The molecule has 21 heavy (non-hydrogen) atoms. The van der Waals surface area contributed by atoms with Crippen LogP contribution in [0.5, 0.6) is 0 Å². The smallest absolute Gasteiger partial charge is 0.0819 e. The number of fused-ring (bicyclic) bond motifs is 1. The maximum atomic E-state index is 10.8. The Morgan fingerprint density at radius 1 is 1.14 bits per heavy atom. The van der Waals surface area contributed by atoms with E-state index >= 15 is 0 Å². The first kappa shape index (κ1) is 14.3. The van der Waals surface area contributed by atoms with Gasteiger partial charge in [-0.25, -0.2) is 0 Å². The van der Waals surface area contributed by atoms with E-state index < -0.39 is 5.60 Å². The lowest BCUT2D eigenvalue weighted by Gasteiger charge is -2.27. The van der Waals surface area contributed by atoms with E-state index in [1.165, 1.54) is 12.8 Å². The van der Waals surface area contributed by atoms with Crippen LogP contribution in [-0.4, -0.2) is 22.2 Å². The molecule has 0 aliphatic heterocycles. The van der Waals surface area contributed by atoms with Crippen molar-refractivity contribution in [2.24, 2.45) is 0 Å². The van der Waals surface area contributed by atoms with Crippen LogP contribution >= 0.6 is 0 Å². The van der Waals surface area contributed by atoms with Gasteiger partial charge in [0, 0.05) is 23.3 Å². The Hall–Kier alpha value is -1.61. The number of aromatic nitrogens is 1. The van der Waals surface area contributed by atoms with Gasteiger partial charge in [0.15, 0.2) is 0 Å². The van der Waals surface area contributed by atoms with E-state index in [4.69, 9.17) is 0 Å². The minimum Gasteiger partial charge on any atom is -0.388 e. The Morgan fingerprint density at radius 3 is 2.62 bits per heavy atom. The van der Waals surface area contributed by atoms with E-state index in [1.54, 1.807) is 0 Å². The molecule has 0 unspecified atom stereocenters. The van der Waals surface area contributed by atoms with Crippen molar-refractivity contribution in [3.8, 4) is 0 Å². The fourth-order valence-corrected chi connectivity index (χ4v) is 3.28. The van der Waals surface area contributed by atoms with Gasteiger partial charge < -0.3 is 10.4 Å². The predicted molar refractivity (Wildman–Crippen MR) is 87.6 cm³/mol. The second-order valence-electron chi connectivity index (χ2n) is 6.32. The molecule has 0 radical (unpaired) electrons. The Morgan fingerprint density at radius 2 is 1.86 bits per heavy atom. The van der Waals surface area contributed by atoms with Crippen molar-refractivity contribution >= 4 is 16.6 Å². The first-order valence-corrected chi connectivity index (χ1v) is 7.99. The number of aryl methyl sites for hydroxylation is 1. The number of para-hydroxylation sites is 1. The summed E-state index contributed by atoms with van der Waals surface area (Å²) in [5.74, 6) is 0. The number of hydrogen-bond acceptors (Lipinski definition) is 3. The van der Waals surface area contributed by atoms with Gasteiger partial charge in [-0.15, -0.1) is 0 Å². The zero-order valence-corrected chi connectivity index (χ0v) is 12.7. The fraction of sp³-hybridized carbons (Fsp3) is 0.500. The van der Waals surface area contributed by atoms with E-state index in [-0.39, 0.29) is 0 Å². The molecule has 0 bridgehead atoms. The summed E-state index contributed by atoms with van der Waals surface area (Å²) in [6.45, 7) is 2.64. The lowest BCUT2D eigenvalue weighted by Crippen LogP contribution is -2.36. The summed E-state index contributed by atoms with van der Waals surface area (Å²) in [4.78, 5) is 4.56. The third-order valence-electron chi connectivity index (χ3n) is 4.49. The lowest BCUT2D eigenvalue weighted by molar-refractivity contribution is 0.0381. The van der Waals surface area contributed by atoms with Gasteiger partial charge in [-0.1, -0.05) is 43.9 Å². The molecule has 1 aromatic carbocycles. The molecule has 1 aliphatic rings. The average molecular weight is 284 g/mol. The lowest BCUT2D eigenvalue weighted by atomic mass is 9.94. The average Bonchev–Trinajstić information content (AvgIpc) is 2.70. The maximum absolute atomic E-state index is 10.8. The van der Waals surface area contributed by atoms with Crippen molar-refractivity contribution in [1.82, 2.24) is 4.98 Å². The van der Waals surface area contributed by atoms with Crippen molar-refractivity contribution in [3.05, 3.63) is 36.0 Å². The first-order valence-electron chi connectivity index (χ1n) is 7.99. The highest BCUT2D eigenvalue weighted by atomic mass is 16.3. The third kappa shape index (κ3) is 3.35. The molecular formula is C18H24N2O. The van der Waals surface area contributed by atoms with Gasteiger partial charge >= 0.3 is 0 Å². The quantitative estimate of drug-likeness (QED) is 0.836.